The van der Waals surface area contributed by atoms with Crippen molar-refractivity contribution in [2.75, 3.05) is 13.6 Å². The first-order chi connectivity index (χ1) is 10.4. The van der Waals surface area contributed by atoms with Crippen molar-refractivity contribution in [2.45, 2.75) is 19.0 Å². The molecule has 0 spiro atoms. The smallest absolute Gasteiger partial charge is 0.411 e. The highest BCUT2D eigenvalue weighted by Crippen LogP contribution is 2.12. The molecule has 5 amide bonds. The summed E-state index contributed by atoms with van der Waals surface area (Å²) in [5.74, 6) is -2.83. The van der Waals surface area contributed by atoms with Gasteiger partial charge in [0.2, 0.25) is 11.8 Å². The lowest BCUT2D eigenvalue weighted by Crippen LogP contribution is -2.58. The second-order valence-electron chi connectivity index (χ2n) is 3.80. The van der Waals surface area contributed by atoms with Crippen LogP contribution in [0.4, 0.5) is 9.59 Å². The number of hydrogen-bond acceptors (Lipinski definition) is 9. The molecule has 1 saturated heterocycles. The summed E-state index contributed by atoms with van der Waals surface area (Å²) in [5, 5.41) is 20.5. The number of imide groups is 3. The summed E-state index contributed by atoms with van der Waals surface area (Å²) in [6.45, 7) is -2.01. The van der Waals surface area contributed by atoms with E-state index in [1.54, 1.807) is 0 Å². The molecule has 1 heterocycles. The van der Waals surface area contributed by atoms with Gasteiger partial charge in [-0.3, -0.25) is 25.0 Å². The Morgan fingerprint density at radius 1 is 1.00 bits per heavy atom. The number of aliphatic hydroxyl groups is 2. The normalized spacial score (nSPS) is 14.0. The second kappa shape index (κ2) is 7.90. The van der Waals surface area contributed by atoms with E-state index in [-0.39, 0.29) is 17.7 Å². The number of ether oxygens (including phenoxy) is 2. The average molecular weight is 319 g/mol. The van der Waals surface area contributed by atoms with E-state index >= 15 is 0 Å². The fourth-order valence-corrected chi connectivity index (χ4v) is 1.55. The van der Waals surface area contributed by atoms with E-state index in [1.807, 2.05) is 10.6 Å². The van der Waals surface area contributed by atoms with Gasteiger partial charge in [-0.25, -0.2) is 14.5 Å². The predicted octanol–water partition coefficient (Wildman–Crippen LogP) is -2.66. The fourth-order valence-electron chi connectivity index (χ4n) is 1.55. The maximum atomic E-state index is 12.1. The molecule has 122 valence electrons. The van der Waals surface area contributed by atoms with Crippen LogP contribution in [-0.4, -0.2) is 64.8 Å². The first-order valence-corrected chi connectivity index (χ1v) is 5.88. The molecule has 1 rings (SSSR count). The van der Waals surface area contributed by atoms with Crippen LogP contribution in [0.2, 0.25) is 0 Å². The van der Waals surface area contributed by atoms with Gasteiger partial charge in [0.1, 0.15) is 0 Å². The largest absolute Gasteiger partial charge is 0.423 e. The molecule has 1 aliphatic rings. The van der Waals surface area contributed by atoms with E-state index in [0.717, 1.165) is 0 Å². The van der Waals surface area contributed by atoms with E-state index in [1.165, 1.54) is 0 Å². The molecule has 12 nitrogen and oxygen atoms in total. The van der Waals surface area contributed by atoms with Gasteiger partial charge in [0.15, 0.2) is 19.8 Å². The van der Waals surface area contributed by atoms with Gasteiger partial charge < -0.3 is 19.7 Å². The minimum atomic E-state index is -1.87. The van der Waals surface area contributed by atoms with Crippen LogP contribution in [0, 0.1) is 0 Å². The highest BCUT2D eigenvalue weighted by Gasteiger charge is 2.39. The summed E-state index contributed by atoms with van der Waals surface area (Å²) in [6.07, 6.45) is -4.84. The number of rotatable bonds is 5. The minimum Gasteiger partial charge on any atom is -0.423 e. The lowest BCUT2D eigenvalue weighted by Gasteiger charge is -2.21. The molecule has 0 aliphatic carbocycles. The van der Waals surface area contributed by atoms with Crippen molar-refractivity contribution < 1.29 is 43.7 Å². The maximum Gasteiger partial charge on any atom is 0.411 e. The summed E-state index contributed by atoms with van der Waals surface area (Å²) in [4.78, 5) is 57.7. The van der Waals surface area contributed by atoms with Gasteiger partial charge in [-0.2, -0.15) is 0 Å². The van der Waals surface area contributed by atoms with E-state index in [9.17, 15) is 24.0 Å². The molecule has 1 aliphatic heterocycles. The van der Waals surface area contributed by atoms with Gasteiger partial charge in [-0.1, -0.05) is 0 Å². The second-order valence-corrected chi connectivity index (χ2v) is 3.80. The molecule has 1 fully saturated rings. The molecule has 0 aromatic rings. The van der Waals surface area contributed by atoms with Gasteiger partial charge in [-0.15, -0.1) is 0 Å². The molecular weight excluding hydrogens is 306 g/mol. The topological polar surface area (TPSA) is 172 Å². The molecule has 0 saturated carbocycles. The highest BCUT2D eigenvalue weighted by molar-refractivity contribution is 6.16. The number of hydrogen-bond donors (Lipinski definition) is 4. The van der Waals surface area contributed by atoms with Crippen molar-refractivity contribution >= 4 is 29.9 Å². The van der Waals surface area contributed by atoms with Crippen molar-refractivity contribution in [3.8, 4) is 0 Å². The Kier molecular flexibility index (Phi) is 6.22. The van der Waals surface area contributed by atoms with Gasteiger partial charge >= 0.3 is 12.2 Å². The average Bonchev–Trinajstić information content (AvgIpc) is 2.77. The number of carbonyl (C=O) groups is 5. The lowest BCUT2D eigenvalue weighted by molar-refractivity contribution is -0.151. The SMILES string of the molecule is O=C(NC(NC(=O)OCO)C(=O)N1C(=O)CCC1=O)OCO. The quantitative estimate of drug-likeness (QED) is 0.311. The fraction of sp³-hybridized carbons (Fsp3) is 0.500. The first-order valence-electron chi connectivity index (χ1n) is 5.88. The zero-order chi connectivity index (χ0) is 16.7. The summed E-state index contributed by atoms with van der Waals surface area (Å²) >= 11 is 0. The van der Waals surface area contributed by atoms with Crippen molar-refractivity contribution in [3.05, 3.63) is 0 Å². The maximum absolute atomic E-state index is 12.1. The number of aliphatic hydroxyl groups excluding tert-OH is 2. The molecule has 0 unspecified atom stereocenters. The van der Waals surface area contributed by atoms with Crippen LogP contribution in [0.1, 0.15) is 12.8 Å². The Labute approximate surface area is 123 Å². The van der Waals surface area contributed by atoms with Crippen molar-refractivity contribution in [2.24, 2.45) is 0 Å². The monoisotopic (exact) mass is 319 g/mol. The molecule has 0 aromatic heterocycles. The third-order valence-electron chi connectivity index (χ3n) is 2.43. The summed E-state index contributed by atoms with van der Waals surface area (Å²) in [5.41, 5.74) is 0. The molecule has 0 bridgehead atoms. The van der Waals surface area contributed by atoms with Crippen LogP contribution in [0.15, 0.2) is 0 Å². The van der Waals surface area contributed by atoms with E-state index in [0.29, 0.717) is 0 Å². The Bertz CT molecular complexity index is 456. The van der Waals surface area contributed by atoms with E-state index < -0.39 is 49.7 Å². The van der Waals surface area contributed by atoms with Crippen LogP contribution < -0.4 is 10.6 Å². The Balaban J connectivity index is 2.85. The number of carbonyl (C=O) groups excluding carboxylic acids is 5. The van der Waals surface area contributed by atoms with Gasteiger partial charge in [0.25, 0.3) is 5.91 Å². The Hall–Kier alpha value is -2.73. The number of likely N-dealkylation sites (tertiary alicyclic amines) is 1. The van der Waals surface area contributed by atoms with Crippen LogP contribution >= 0.6 is 0 Å². The molecule has 0 atom stereocenters. The number of amides is 5. The highest BCUT2D eigenvalue weighted by atomic mass is 16.6. The Morgan fingerprint density at radius 2 is 1.41 bits per heavy atom. The molecular formula is C10H13N3O9. The van der Waals surface area contributed by atoms with Gasteiger partial charge in [0, 0.05) is 12.8 Å². The molecule has 0 aromatic carbocycles. The number of nitrogens with one attached hydrogen (secondary N) is 2. The van der Waals surface area contributed by atoms with Gasteiger partial charge in [-0.05, 0) is 0 Å². The predicted molar refractivity (Wildman–Crippen MR) is 63.3 cm³/mol. The number of nitrogens with zero attached hydrogens (tertiary/aromatic N) is 1. The molecule has 12 heteroatoms. The number of alkyl carbamates (subject to hydrolysis) is 2. The van der Waals surface area contributed by atoms with Crippen LogP contribution in [0.25, 0.3) is 0 Å². The Morgan fingerprint density at radius 3 is 1.77 bits per heavy atom. The zero-order valence-corrected chi connectivity index (χ0v) is 11.1. The zero-order valence-electron chi connectivity index (χ0n) is 11.1. The minimum absolute atomic E-state index is 0.181. The third-order valence-corrected chi connectivity index (χ3v) is 2.43. The third kappa shape index (κ3) is 4.39. The molecule has 4 N–H and O–H groups in total. The van der Waals surface area contributed by atoms with Gasteiger partial charge in [0.05, 0.1) is 0 Å². The van der Waals surface area contributed by atoms with Crippen molar-refractivity contribution in [1.82, 2.24) is 15.5 Å². The summed E-state index contributed by atoms with van der Waals surface area (Å²) in [6, 6.07) is 0. The molecule has 0 radical (unpaired) electrons. The van der Waals surface area contributed by atoms with Crippen LogP contribution in [-0.2, 0) is 23.9 Å². The first kappa shape index (κ1) is 17.3. The molecule has 22 heavy (non-hydrogen) atoms. The lowest BCUT2D eigenvalue weighted by atomic mass is 10.4. The summed E-state index contributed by atoms with van der Waals surface area (Å²) < 4.78 is 8.21. The standard InChI is InChI=1S/C10H13N3O9/c14-3-21-9(19)11-7(12-10(20)22-4-15)8(18)13-5(16)1-2-6(13)17/h7,14-15H,1-4H2,(H,11,19)(H,12,20). The van der Waals surface area contributed by atoms with Crippen molar-refractivity contribution in [3.63, 3.8) is 0 Å². The van der Waals surface area contributed by atoms with Crippen LogP contribution in [0.5, 0.6) is 0 Å². The van der Waals surface area contributed by atoms with E-state index in [4.69, 9.17) is 10.2 Å². The van der Waals surface area contributed by atoms with Crippen LogP contribution in [0.3, 0.4) is 0 Å². The van der Waals surface area contributed by atoms with E-state index in [2.05, 4.69) is 9.47 Å². The van der Waals surface area contributed by atoms with Crippen molar-refractivity contribution in [1.29, 1.82) is 0 Å². The summed E-state index contributed by atoms with van der Waals surface area (Å²) in [7, 11) is 0.